The number of ketones is 1. The lowest BCUT2D eigenvalue weighted by Gasteiger charge is -1.83. The second-order valence-corrected chi connectivity index (χ2v) is 2.93. The number of hydrogen-bond donors (Lipinski definition) is 0. The Labute approximate surface area is 92.3 Å². The monoisotopic (exact) mass is 212 g/mol. The average molecular weight is 212 g/mol. The molecule has 0 radical (unpaired) electrons. The summed E-state index contributed by atoms with van der Waals surface area (Å²) in [4.78, 5) is 10.9. The van der Waals surface area contributed by atoms with Crippen molar-refractivity contribution in [2.45, 2.75) is 6.92 Å². The molecule has 2 rings (SSSR count). The molecule has 0 bridgehead atoms. The van der Waals surface area contributed by atoms with E-state index in [2.05, 4.69) is 0 Å². The van der Waals surface area contributed by atoms with E-state index in [-0.39, 0.29) is 5.78 Å². The van der Waals surface area contributed by atoms with Crippen molar-refractivity contribution >= 4 is 16.8 Å². The van der Waals surface area contributed by atoms with Gasteiger partial charge in [0.25, 0.3) is 0 Å². The number of para-hydroxylation sites is 1. The number of hydrogen-bond acceptors (Lipinski definition) is 4. The number of carbonyl (C=O) groups is 1. The minimum atomic E-state index is -0.0359. The van der Waals surface area contributed by atoms with E-state index in [0.717, 1.165) is 11.0 Å². The van der Waals surface area contributed by atoms with Crippen molar-refractivity contribution in [3.63, 3.8) is 0 Å². The summed E-state index contributed by atoms with van der Waals surface area (Å²) < 4.78 is 5.28. The Bertz CT molecular complexity index is 540. The fourth-order valence-electron chi connectivity index (χ4n) is 1.16. The molecule has 4 heteroatoms. The molecule has 1 aromatic heterocycles. The maximum absolute atomic E-state index is 10.9. The van der Waals surface area contributed by atoms with Gasteiger partial charge < -0.3 is 4.42 Å². The van der Waals surface area contributed by atoms with Crippen LogP contribution in [0.4, 0.5) is 0 Å². The molecule has 16 heavy (non-hydrogen) atoms. The van der Waals surface area contributed by atoms with Crippen molar-refractivity contribution in [2.75, 3.05) is 0 Å². The predicted molar refractivity (Wildman–Crippen MR) is 57.4 cm³/mol. The van der Waals surface area contributed by atoms with E-state index >= 15 is 0 Å². The summed E-state index contributed by atoms with van der Waals surface area (Å²) in [6.45, 7) is 1.50. The quantitative estimate of drug-likeness (QED) is 0.681. The molecular weight excluding hydrogens is 204 g/mol. The molecule has 4 nitrogen and oxygen atoms in total. The Hall–Kier alpha value is -2.59. The van der Waals surface area contributed by atoms with Gasteiger partial charge >= 0.3 is 0 Å². The molecule has 1 aromatic carbocycles. The van der Waals surface area contributed by atoms with Gasteiger partial charge in [-0.05, 0) is 12.1 Å². The van der Waals surface area contributed by atoms with Crippen LogP contribution in [0, 0.1) is 22.7 Å². The Balaban J connectivity index is 0.000000280. The third kappa shape index (κ3) is 2.70. The molecule has 0 aliphatic heterocycles. The molecule has 0 fully saturated rings. The minimum Gasteiger partial charge on any atom is -0.453 e. The highest BCUT2D eigenvalue weighted by molar-refractivity contribution is 5.95. The van der Waals surface area contributed by atoms with Gasteiger partial charge in [-0.15, -0.1) is 0 Å². The van der Waals surface area contributed by atoms with E-state index in [1.807, 2.05) is 24.3 Å². The van der Waals surface area contributed by atoms with Crippen LogP contribution >= 0.6 is 0 Å². The Kier molecular flexibility index (Phi) is 3.83. The number of nitriles is 2. The first kappa shape index (κ1) is 11.5. The normalized spacial score (nSPS) is 8.44. The third-order valence-electron chi connectivity index (χ3n) is 1.82. The smallest absolute Gasteiger partial charge is 0.194 e. The Morgan fingerprint density at radius 2 is 1.88 bits per heavy atom. The van der Waals surface area contributed by atoms with Crippen molar-refractivity contribution in [3.8, 4) is 12.1 Å². The van der Waals surface area contributed by atoms with E-state index in [9.17, 15) is 4.79 Å². The summed E-state index contributed by atoms with van der Waals surface area (Å²) >= 11 is 0. The van der Waals surface area contributed by atoms with Crippen molar-refractivity contribution in [1.82, 2.24) is 0 Å². The van der Waals surface area contributed by atoms with Crippen LogP contribution in [0.1, 0.15) is 17.5 Å². The first-order chi connectivity index (χ1) is 7.69. The lowest BCUT2D eigenvalue weighted by Crippen LogP contribution is -1.85. The van der Waals surface area contributed by atoms with Crippen LogP contribution in [0.15, 0.2) is 34.7 Å². The molecule has 0 aliphatic carbocycles. The van der Waals surface area contributed by atoms with Crippen LogP contribution < -0.4 is 0 Å². The summed E-state index contributed by atoms with van der Waals surface area (Å²) in [6, 6.07) is 11.8. The molecule has 0 saturated carbocycles. The fourth-order valence-corrected chi connectivity index (χ4v) is 1.16. The standard InChI is InChI=1S/C10H8O2.C2N2/c1-7(11)10-6-8-4-2-3-5-9(8)12-10;3-1-2-4/h2-6H,1H3;. The van der Waals surface area contributed by atoms with Crippen molar-refractivity contribution in [2.24, 2.45) is 0 Å². The molecular formula is C12H8N2O2. The largest absolute Gasteiger partial charge is 0.453 e. The second kappa shape index (κ2) is 5.33. The zero-order valence-electron chi connectivity index (χ0n) is 8.60. The lowest BCUT2D eigenvalue weighted by molar-refractivity contribution is 0.0989. The summed E-state index contributed by atoms with van der Waals surface area (Å²) in [7, 11) is 0. The van der Waals surface area contributed by atoms with E-state index in [1.165, 1.54) is 19.1 Å². The molecule has 0 spiro atoms. The van der Waals surface area contributed by atoms with Crippen LogP contribution in [0.3, 0.4) is 0 Å². The zero-order valence-corrected chi connectivity index (χ0v) is 8.60. The van der Waals surface area contributed by atoms with Gasteiger partial charge in [0.1, 0.15) is 5.58 Å². The summed E-state index contributed by atoms with van der Waals surface area (Å²) in [5, 5.41) is 15.5. The van der Waals surface area contributed by atoms with Gasteiger partial charge in [-0.25, -0.2) is 0 Å². The topological polar surface area (TPSA) is 77.8 Å². The van der Waals surface area contributed by atoms with Crippen LogP contribution in [0.5, 0.6) is 0 Å². The van der Waals surface area contributed by atoms with Crippen LogP contribution in [-0.4, -0.2) is 5.78 Å². The van der Waals surface area contributed by atoms with Gasteiger partial charge in [0.2, 0.25) is 0 Å². The minimum absolute atomic E-state index is 0.0359. The third-order valence-corrected chi connectivity index (χ3v) is 1.82. The number of Topliss-reactive ketones (excluding diaryl/α,β-unsaturated/α-hetero) is 1. The van der Waals surface area contributed by atoms with Gasteiger partial charge in [-0.2, -0.15) is 10.5 Å². The lowest BCUT2D eigenvalue weighted by atomic mass is 10.2. The van der Waals surface area contributed by atoms with Gasteiger partial charge in [0.15, 0.2) is 23.7 Å². The van der Waals surface area contributed by atoms with Crippen LogP contribution in [-0.2, 0) is 0 Å². The van der Waals surface area contributed by atoms with Gasteiger partial charge in [0, 0.05) is 12.3 Å². The maximum atomic E-state index is 10.9. The molecule has 2 aromatic rings. The van der Waals surface area contributed by atoms with Crippen molar-refractivity contribution in [3.05, 3.63) is 36.1 Å². The highest BCUT2D eigenvalue weighted by Crippen LogP contribution is 2.18. The zero-order chi connectivity index (χ0) is 12.0. The fraction of sp³-hybridized carbons (Fsp3) is 0.0833. The van der Waals surface area contributed by atoms with E-state index in [1.54, 1.807) is 6.07 Å². The summed E-state index contributed by atoms with van der Waals surface area (Å²) in [6.07, 6.45) is 0. The number of furan rings is 1. The molecule has 0 saturated heterocycles. The molecule has 1 heterocycles. The average Bonchev–Trinajstić information content (AvgIpc) is 2.73. The second-order valence-electron chi connectivity index (χ2n) is 2.93. The van der Waals surface area contributed by atoms with Gasteiger partial charge in [0.05, 0.1) is 0 Å². The molecule has 78 valence electrons. The molecule has 0 aliphatic rings. The van der Waals surface area contributed by atoms with E-state index in [0.29, 0.717) is 5.76 Å². The molecule has 0 amide bonds. The van der Waals surface area contributed by atoms with E-state index in [4.69, 9.17) is 14.9 Å². The van der Waals surface area contributed by atoms with Gasteiger partial charge in [-0.1, -0.05) is 18.2 Å². The predicted octanol–water partition coefficient (Wildman–Crippen LogP) is 2.67. The number of fused-ring (bicyclic) bond motifs is 1. The summed E-state index contributed by atoms with van der Waals surface area (Å²) in [5.74, 6) is 0.391. The highest BCUT2D eigenvalue weighted by atomic mass is 16.3. The number of benzene rings is 1. The Morgan fingerprint density at radius 3 is 2.38 bits per heavy atom. The number of rotatable bonds is 1. The Morgan fingerprint density at radius 1 is 1.25 bits per heavy atom. The first-order valence-electron chi connectivity index (χ1n) is 4.46. The van der Waals surface area contributed by atoms with Crippen LogP contribution in [0.2, 0.25) is 0 Å². The van der Waals surface area contributed by atoms with Crippen molar-refractivity contribution < 1.29 is 9.21 Å². The summed E-state index contributed by atoms with van der Waals surface area (Å²) in [5.41, 5.74) is 0.766. The van der Waals surface area contributed by atoms with Crippen LogP contribution in [0.25, 0.3) is 11.0 Å². The molecule has 0 atom stereocenters. The highest BCUT2D eigenvalue weighted by Gasteiger charge is 2.05. The molecule has 0 N–H and O–H groups in total. The SMILES string of the molecule is CC(=O)c1cc2ccccc2o1.N#CC#N. The maximum Gasteiger partial charge on any atom is 0.194 e. The van der Waals surface area contributed by atoms with Gasteiger partial charge in [-0.3, -0.25) is 4.79 Å². The first-order valence-corrected chi connectivity index (χ1v) is 4.46. The number of nitrogens with zero attached hydrogens (tertiary/aromatic N) is 2. The number of carbonyl (C=O) groups excluding carboxylic acids is 1. The molecule has 0 unspecified atom stereocenters. The van der Waals surface area contributed by atoms with Crippen molar-refractivity contribution in [1.29, 1.82) is 10.5 Å². The van der Waals surface area contributed by atoms with E-state index < -0.39 is 0 Å².